The van der Waals surface area contributed by atoms with Crippen molar-refractivity contribution >= 4 is 17.6 Å². The van der Waals surface area contributed by atoms with E-state index in [1.54, 1.807) is 6.07 Å². The molecule has 1 unspecified atom stereocenters. The quantitative estimate of drug-likeness (QED) is 0.435. The first-order valence-corrected chi connectivity index (χ1v) is 12.1. The SMILES string of the molecule is O=C(O)Cn1nnc(COc2ccc(C(C[C@H]3CCOC3)c3ccc(C4CC4)c(=O)[nH]3)cc2Cl)n1. The molecule has 10 nitrogen and oxygen atoms in total. The van der Waals surface area contributed by atoms with Gasteiger partial charge in [-0.15, -0.1) is 10.2 Å². The Hall–Kier alpha value is -3.24. The lowest BCUT2D eigenvalue weighted by molar-refractivity contribution is -0.138. The molecule has 5 rings (SSSR count). The zero-order valence-electron chi connectivity index (χ0n) is 19.0. The van der Waals surface area contributed by atoms with Gasteiger partial charge in [-0.1, -0.05) is 23.7 Å². The molecule has 1 aliphatic carbocycles. The largest absolute Gasteiger partial charge is 0.484 e. The van der Waals surface area contributed by atoms with Gasteiger partial charge in [0.05, 0.1) is 5.02 Å². The number of pyridine rings is 1. The monoisotopic (exact) mass is 499 g/mol. The molecule has 184 valence electrons. The number of ether oxygens (including phenoxy) is 2. The Morgan fingerprint density at radius 3 is 2.83 bits per heavy atom. The molecule has 2 fully saturated rings. The Labute approximate surface area is 206 Å². The Morgan fingerprint density at radius 2 is 2.14 bits per heavy atom. The van der Waals surface area contributed by atoms with Crippen molar-refractivity contribution in [3.05, 3.63) is 68.4 Å². The summed E-state index contributed by atoms with van der Waals surface area (Å²) in [5, 5.41) is 20.7. The number of carboxylic acid groups (broad SMARTS) is 1. The normalized spacial score (nSPS) is 18.5. The van der Waals surface area contributed by atoms with E-state index in [2.05, 4.69) is 20.4 Å². The molecular weight excluding hydrogens is 474 g/mol. The number of nitrogens with one attached hydrogen (secondary N) is 1. The van der Waals surface area contributed by atoms with E-state index in [1.807, 2.05) is 24.3 Å². The minimum Gasteiger partial charge on any atom is -0.484 e. The Morgan fingerprint density at radius 1 is 1.29 bits per heavy atom. The van der Waals surface area contributed by atoms with Crippen LogP contribution in [0.5, 0.6) is 5.75 Å². The Kier molecular flexibility index (Phi) is 6.83. The third kappa shape index (κ3) is 5.71. The van der Waals surface area contributed by atoms with Gasteiger partial charge in [-0.3, -0.25) is 9.59 Å². The molecule has 0 radical (unpaired) electrons. The summed E-state index contributed by atoms with van der Waals surface area (Å²) in [4.78, 5) is 27.6. The molecule has 2 aromatic heterocycles. The number of carboxylic acids is 1. The molecule has 11 heteroatoms. The van der Waals surface area contributed by atoms with Crippen molar-refractivity contribution in [2.75, 3.05) is 13.2 Å². The van der Waals surface area contributed by atoms with Crippen LogP contribution in [0.1, 0.15) is 60.2 Å². The average Bonchev–Trinajstić information content (AvgIpc) is 3.34. The molecule has 3 heterocycles. The smallest absolute Gasteiger partial charge is 0.327 e. The molecule has 35 heavy (non-hydrogen) atoms. The molecular formula is C24H26ClN5O5. The van der Waals surface area contributed by atoms with Gasteiger partial charge >= 0.3 is 5.97 Å². The Bertz CT molecular complexity index is 1270. The van der Waals surface area contributed by atoms with Crippen molar-refractivity contribution in [3.8, 4) is 5.75 Å². The van der Waals surface area contributed by atoms with Crippen LogP contribution in [0.15, 0.2) is 35.1 Å². The van der Waals surface area contributed by atoms with Crippen LogP contribution in [0.3, 0.4) is 0 Å². The van der Waals surface area contributed by atoms with E-state index in [-0.39, 0.29) is 30.5 Å². The zero-order chi connectivity index (χ0) is 24.4. The summed E-state index contributed by atoms with van der Waals surface area (Å²) in [5.74, 6) is 0.397. The van der Waals surface area contributed by atoms with Crippen molar-refractivity contribution < 1.29 is 19.4 Å². The summed E-state index contributed by atoms with van der Waals surface area (Å²) in [7, 11) is 0. The van der Waals surface area contributed by atoms with E-state index in [0.717, 1.165) is 53.9 Å². The highest BCUT2D eigenvalue weighted by Crippen LogP contribution is 2.40. The predicted octanol–water partition coefficient (Wildman–Crippen LogP) is 3.11. The number of aromatic amines is 1. The fourth-order valence-corrected chi connectivity index (χ4v) is 4.72. The van der Waals surface area contributed by atoms with Crippen LogP contribution in [-0.4, -0.2) is 49.5 Å². The molecule has 2 atom stereocenters. The van der Waals surface area contributed by atoms with Gasteiger partial charge in [-0.05, 0) is 66.5 Å². The summed E-state index contributed by atoms with van der Waals surface area (Å²) in [6, 6.07) is 9.59. The number of nitrogens with zero attached hydrogens (tertiary/aromatic N) is 4. The van der Waals surface area contributed by atoms with Crippen molar-refractivity contribution in [2.45, 2.75) is 50.7 Å². The lowest BCUT2D eigenvalue weighted by atomic mass is 9.85. The standard InChI is InChI=1S/C24H26ClN5O5/c25-19-10-16(3-6-21(19)35-13-22-27-29-30(28-22)11-23(31)32)18(9-14-7-8-34-12-14)20-5-4-17(15-1-2-15)24(33)26-20/h3-6,10,14-15,18H,1-2,7-9,11-13H2,(H,26,33)(H,31,32)/t14-,18?/m1/s1. The number of aliphatic carboxylic acids is 1. The third-order valence-electron chi connectivity index (χ3n) is 6.43. The van der Waals surface area contributed by atoms with Crippen LogP contribution in [0.25, 0.3) is 0 Å². The molecule has 1 saturated carbocycles. The highest BCUT2D eigenvalue weighted by Gasteiger charge is 2.28. The van der Waals surface area contributed by atoms with E-state index in [9.17, 15) is 9.59 Å². The molecule has 2 N–H and O–H groups in total. The number of rotatable bonds is 10. The van der Waals surface area contributed by atoms with Crippen molar-refractivity contribution in [3.63, 3.8) is 0 Å². The lowest BCUT2D eigenvalue weighted by Gasteiger charge is -2.22. The van der Waals surface area contributed by atoms with Gasteiger partial charge in [0, 0.05) is 30.4 Å². The first-order valence-electron chi connectivity index (χ1n) is 11.7. The van der Waals surface area contributed by atoms with E-state index >= 15 is 0 Å². The van der Waals surface area contributed by atoms with Gasteiger partial charge in [0.15, 0.2) is 13.2 Å². The molecule has 1 aliphatic heterocycles. The summed E-state index contributed by atoms with van der Waals surface area (Å²) in [6.07, 6.45) is 3.98. The van der Waals surface area contributed by atoms with Gasteiger partial charge in [-0.25, -0.2) is 0 Å². The van der Waals surface area contributed by atoms with E-state index in [4.69, 9.17) is 26.2 Å². The molecule has 0 spiro atoms. The van der Waals surface area contributed by atoms with Crippen LogP contribution >= 0.6 is 11.6 Å². The topological polar surface area (TPSA) is 132 Å². The second-order valence-corrected chi connectivity index (χ2v) is 9.51. The number of tetrazole rings is 1. The van der Waals surface area contributed by atoms with Gasteiger partial charge in [-0.2, -0.15) is 4.80 Å². The van der Waals surface area contributed by atoms with Crippen LogP contribution in [0.4, 0.5) is 0 Å². The third-order valence-corrected chi connectivity index (χ3v) is 6.73. The lowest BCUT2D eigenvalue weighted by Crippen LogP contribution is -2.18. The van der Waals surface area contributed by atoms with Crippen LogP contribution in [0.2, 0.25) is 5.02 Å². The van der Waals surface area contributed by atoms with Crippen molar-refractivity contribution in [1.29, 1.82) is 0 Å². The summed E-state index contributed by atoms with van der Waals surface area (Å²) >= 11 is 6.56. The van der Waals surface area contributed by atoms with Crippen molar-refractivity contribution in [2.24, 2.45) is 5.92 Å². The second-order valence-electron chi connectivity index (χ2n) is 9.10. The van der Waals surface area contributed by atoms with Crippen LogP contribution < -0.4 is 10.3 Å². The van der Waals surface area contributed by atoms with E-state index < -0.39 is 5.97 Å². The zero-order valence-corrected chi connectivity index (χ0v) is 19.8. The molecule has 3 aromatic rings. The fraction of sp³-hybridized carbons (Fsp3) is 0.458. The number of H-pyrrole nitrogens is 1. The average molecular weight is 500 g/mol. The van der Waals surface area contributed by atoms with Crippen molar-refractivity contribution in [1.82, 2.24) is 25.2 Å². The second kappa shape index (κ2) is 10.2. The number of aromatic nitrogens is 5. The molecule has 0 bridgehead atoms. The molecule has 2 aliphatic rings. The molecule has 0 amide bonds. The minimum atomic E-state index is -1.06. The first kappa shape index (κ1) is 23.5. The first-order chi connectivity index (χ1) is 17.0. The molecule has 1 saturated heterocycles. The highest BCUT2D eigenvalue weighted by atomic mass is 35.5. The number of carbonyl (C=O) groups is 1. The van der Waals surface area contributed by atoms with E-state index in [1.165, 1.54) is 0 Å². The number of halogens is 1. The van der Waals surface area contributed by atoms with Gasteiger partial charge in [0.2, 0.25) is 5.82 Å². The summed E-state index contributed by atoms with van der Waals surface area (Å²) < 4.78 is 11.3. The highest BCUT2D eigenvalue weighted by molar-refractivity contribution is 6.32. The fourth-order valence-electron chi connectivity index (χ4n) is 4.48. The van der Waals surface area contributed by atoms with Crippen LogP contribution in [-0.2, 0) is 22.7 Å². The summed E-state index contributed by atoms with van der Waals surface area (Å²) in [5.41, 5.74) is 2.71. The Balaban J connectivity index is 1.34. The summed E-state index contributed by atoms with van der Waals surface area (Å²) in [6.45, 7) is 1.09. The maximum absolute atomic E-state index is 12.7. The van der Waals surface area contributed by atoms with Gasteiger partial charge < -0.3 is 19.6 Å². The number of hydrogen-bond donors (Lipinski definition) is 2. The number of hydrogen-bond acceptors (Lipinski definition) is 7. The van der Waals surface area contributed by atoms with Crippen LogP contribution in [0, 0.1) is 5.92 Å². The maximum atomic E-state index is 12.7. The van der Waals surface area contributed by atoms with Gasteiger partial charge in [0.25, 0.3) is 5.56 Å². The van der Waals surface area contributed by atoms with E-state index in [0.29, 0.717) is 29.2 Å². The molecule has 1 aromatic carbocycles. The minimum absolute atomic E-state index is 0.00250. The van der Waals surface area contributed by atoms with Gasteiger partial charge in [0.1, 0.15) is 5.75 Å². The number of benzene rings is 1. The maximum Gasteiger partial charge on any atom is 0.327 e. The predicted molar refractivity (Wildman–Crippen MR) is 126 cm³/mol.